The Morgan fingerprint density at radius 3 is 2.49 bits per heavy atom. The summed E-state index contributed by atoms with van der Waals surface area (Å²) in [6.07, 6.45) is -0.169. The second kappa shape index (κ2) is 11.2. The molecule has 12 nitrogen and oxygen atoms in total. The maximum atomic E-state index is 13.7. The van der Waals surface area contributed by atoms with Crippen LogP contribution in [-0.4, -0.2) is 47.6 Å². The molecule has 5 rings (SSSR count). The Hall–Kier alpha value is -4.39. The number of tetrazole rings is 1. The van der Waals surface area contributed by atoms with Crippen molar-refractivity contribution in [1.29, 1.82) is 0 Å². The number of aromatic nitrogens is 7. The van der Waals surface area contributed by atoms with E-state index in [0.29, 0.717) is 6.04 Å². The highest BCUT2D eigenvalue weighted by atomic mass is 19.4. The van der Waals surface area contributed by atoms with Crippen LogP contribution in [0.4, 0.5) is 30.6 Å². The highest BCUT2D eigenvalue weighted by molar-refractivity contribution is 5.82. The molecular formula is C26H31F3N12. The smallest absolute Gasteiger partial charge is 0.354 e. The van der Waals surface area contributed by atoms with Crippen LogP contribution in [-0.2, 0) is 33.4 Å². The maximum Gasteiger partial charge on any atom is 0.416 e. The fraction of sp³-hybridized carbons (Fsp3) is 0.500. The molecule has 3 heterocycles. The lowest BCUT2D eigenvalue weighted by atomic mass is 10.1. The van der Waals surface area contributed by atoms with Crippen molar-refractivity contribution in [2.75, 3.05) is 16.3 Å². The van der Waals surface area contributed by atoms with Gasteiger partial charge in [0.2, 0.25) is 0 Å². The van der Waals surface area contributed by atoms with Crippen LogP contribution < -0.4 is 9.80 Å². The van der Waals surface area contributed by atoms with Crippen LogP contribution >= 0.6 is 0 Å². The zero-order chi connectivity index (χ0) is 29.3. The molecule has 1 aliphatic rings. The van der Waals surface area contributed by atoms with Gasteiger partial charge in [0.15, 0.2) is 5.65 Å². The lowest BCUT2D eigenvalue weighted by Crippen LogP contribution is -2.35. The van der Waals surface area contributed by atoms with Crippen molar-refractivity contribution in [2.45, 2.75) is 64.8 Å². The zero-order valence-corrected chi connectivity index (χ0v) is 23.3. The van der Waals surface area contributed by atoms with Gasteiger partial charge in [0.05, 0.1) is 18.3 Å². The number of alkyl halides is 3. The molecule has 1 aromatic carbocycles. The number of hydrogen-bond acceptors (Lipinski definition) is 8. The monoisotopic (exact) mass is 568 g/mol. The molecule has 4 aromatic rings. The predicted octanol–water partition coefficient (Wildman–Crippen LogP) is 5.74. The van der Waals surface area contributed by atoms with E-state index in [0.717, 1.165) is 72.5 Å². The van der Waals surface area contributed by atoms with Gasteiger partial charge in [0.25, 0.3) is 5.95 Å². The molecule has 0 bridgehead atoms. The lowest BCUT2D eigenvalue weighted by Gasteiger charge is -2.32. The standard InChI is InChI=1S/C26H31F3N12/c1-5-41(21-8-6-7-9-21)23-18(12-22-16(2)34-38(3)24(22)31-23)15-40(25-33-37-39(4)35-25)14-17-10-19(26(27,28)29)13-20(11-17)32-36-30/h10-13,21H,5-9,14-15H2,1-4H3. The molecule has 1 aliphatic carbocycles. The molecule has 0 unspecified atom stereocenters. The van der Waals surface area contributed by atoms with Crippen molar-refractivity contribution in [2.24, 2.45) is 19.2 Å². The Morgan fingerprint density at radius 1 is 1.10 bits per heavy atom. The fourth-order valence-electron chi connectivity index (χ4n) is 5.60. The number of azide groups is 1. The van der Waals surface area contributed by atoms with Crippen LogP contribution in [0, 0.1) is 6.92 Å². The summed E-state index contributed by atoms with van der Waals surface area (Å²) in [5.74, 6) is 1.05. The fourth-order valence-corrected chi connectivity index (χ4v) is 5.60. The van der Waals surface area contributed by atoms with E-state index in [-0.39, 0.29) is 30.3 Å². The largest absolute Gasteiger partial charge is 0.416 e. The first kappa shape index (κ1) is 28.1. The van der Waals surface area contributed by atoms with Crippen molar-refractivity contribution in [3.8, 4) is 0 Å². The van der Waals surface area contributed by atoms with E-state index in [4.69, 9.17) is 10.5 Å². The maximum absolute atomic E-state index is 13.7. The van der Waals surface area contributed by atoms with Gasteiger partial charge in [-0.05, 0) is 67.3 Å². The van der Waals surface area contributed by atoms with Crippen molar-refractivity contribution in [3.63, 3.8) is 0 Å². The van der Waals surface area contributed by atoms with Gasteiger partial charge in [-0.15, -0.1) is 5.10 Å². The summed E-state index contributed by atoms with van der Waals surface area (Å²) in [6.45, 7) is 5.02. The quantitative estimate of drug-likeness (QED) is 0.143. The third-order valence-electron chi connectivity index (χ3n) is 7.41. The molecule has 15 heteroatoms. The molecule has 1 saturated carbocycles. The Bertz CT molecular complexity index is 1600. The van der Waals surface area contributed by atoms with E-state index in [9.17, 15) is 13.2 Å². The van der Waals surface area contributed by atoms with Crippen molar-refractivity contribution < 1.29 is 13.2 Å². The molecule has 0 atom stereocenters. The summed E-state index contributed by atoms with van der Waals surface area (Å²) in [4.78, 5) is 13.1. The SMILES string of the molecule is CCN(c1nc2c(cc1CN(Cc1cc(N=[N+]=[N-])cc(C(F)(F)F)c1)c1nnn(C)n1)c(C)nn2C)C1CCCC1. The van der Waals surface area contributed by atoms with Gasteiger partial charge in [0.1, 0.15) is 5.82 Å². The van der Waals surface area contributed by atoms with E-state index in [1.807, 2.05) is 14.0 Å². The topological polar surface area (TPSA) is 130 Å². The number of anilines is 2. The van der Waals surface area contributed by atoms with Gasteiger partial charge in [-0.25, -0.2) is 4.98 Å². The van der Waals surface area contributed by atoms with Crippen LogP contribution in [0.1, 0.15) is 55.0 Å². The average molecular weight is 569 g/mol. The van der Waals surface area contributed by atoms with Crippen LogP contribution in [0.15, 0.2) is 29.4 Å². The second-order valence-electron chi connectivity index (χ2n) is 10.3. The number of aryl methyl sites for hydroxylation is 3. The summed E-state index contributed by atoms with van der Waals surface area (Å²) in [5, 5.41) is 21.4. The number of benzene rings is 1. The number of hydrogen-bond donors (Lipinski definition) is 0. The molecule has 0 spiro atoms. The van der Waals surface area contributed by atoms with E-state index in [1.54, 1.807) is 16.6 Å². The molecule has 0 aliphatic heterocycles. The Kier molecular flexibility index (Phi) is 7.72. The molecule has 3 aromatic heterocycles. The Balaban J connectivity index is 1.62. The van der Waals surface area contributed by atoms with E-state index < -0.39 is 11.7 Å². The van der Waals surface area contributed by atoms with Crippen molar-refractivity contribution in [1.82, 2.24) is 35.0 Å². The summed E-state index contributed by atoms with van der Waals surface area (Å²) >= 11 is 0. The van der Waals surface area contributed by atoms with Crippen LogP contribution in [0.2, 0.25) is 0 Å². The summed E-state index contributed by atoms with van der Waals surface area (Å²) in [6, 6.07) is 5.71. The number of pyridine rings is 1. The molecule has 0 saturated heterocycles. The minimum absolute atomic E-state index is 0.00259. The van der Waals surface area contributed by atoms with Gasteiger partial charge in [-0.2, -0.15) is 23.1 Å². The highest BCUT2D eigenvalue weighted by Gasteiger charge is 2.32. The van der Waals surface area contributed by atoms with Gasteiger partial charge < -0.3 is 9.80 Å². The molecule has 41 heavy (non-hydrogen) atoms. The number of fused-ring (bicyclic) bond motifs is 1. The van der Waals surface area contributed by atoms with Crippen molar-refractivity contribution >= 4 is 28.5 Å². The van der Waals surface area contributed by atoms with Gasteiger partial charge in [-0.1, -0.05) is 23.1 Å². The van der Waals surface area contributed by atoms with Gasteiger partial charge >= 0.3 is 6.18 Å². The first-order valence-electron chi connectivity index (χ1n) is 13.4. The highest BCUT2D eigenvalue weighted by Crippen LogP contribution is 2.35. The van der Waals surface area contributed by atoms with Crippen LogP contribution in [0.3, 0.4) is 0 Å². The molecule has 1 fully saturated rings. The summed E-state index contributed by atoms with van der Waals surface area (Å²) < 4.78 is 42.9. The first-order valence-corrected chi connectivity index (χ1v) is 13.4. The minimum atomic E-state index is -4.62. The third-order valence-corrected chi connectivity index (χ3v) is 7.41. The molecule has 0 radical (unpaired) electrons. The number of rotatable bonds is 9. The first-order chi connectivity index (χ1) is 19.6. The van der Waals surface area contributed by atoms with E-state index in [1.165, 1.54) is 10.9 Å². The predicted molar refractivity (Wildman–Crippen MR) is 147 cm³/mol. The van der Waals surface area contributed by atoms with Crippen molar-refractivity contribution in [3.05, 3.63) is 57.1 Å². The summed E-state index contributed by atoms with van der Waals surface area (Å²) in [5.41, 5.74) is 10.6. The van der Waals surface area contributed by atoms with Crippen LogP contribution in [0.5, 0.6) is 0 Å². The molecule has 216 valence electrons. The molecular weight excluding hydrogens is 537 g/mol. The average Bonchev–Trinajstić information content (AvgIpc) is 3.66. The van der Waals surface area contributed by atoms with Gasteiger partial charge in [-0.3, -0.25) is 4.68 Å². The Morgan fingerprint density at radius 2 is 1.85 bits per heavy atom. The minimum Gasteiger partial charge on any atom is -0.354 e. The molecule has 0 amide bonds. The second-order valence-corrected chi connectivity index (χ2v) is 10.3. The normalized spacial score (nSPS) is 14.0. The van der Waals surface area contributed by atoms with Gasteiger partial charge in [0, 0.05) is 54.3 Å². The summed E-state index contributed by atoms with van der Waals surface area (Å²) in [7, 11) is 3.48. The lowest BCUT2D eigenvalue weighted by molar-refractivity contribution is -0.137. The van der Waals surface area contributed by atoms with E-state index in [2.05, 4.69) is 48.4 Å². The molecule has 0 N–H and O–H groups in total. The number of halogens is 3. The zero-order valence-electron chi connectivity index (χ0n) is 23.3. The van der Waals surface area contributed by atoms with E-state index >= 15 is 0 Å². The van der Waals surface area contributed by atoms with Crippen LogP contribution in [0.25, 0.3) is 21.5 Å². The number of nitrogens with zero attached hydrogens (tertiary/aromatic N) is 12. The Labute approximate surface area is 234 Å². The third kappa shape index (κ3) is 5.89.